The van der Waals surface area contributed by atoms with E-state index in [2.05, 4.69) is 25.7 Å². The number of likely N-dealkylation sites (N-methyl/N-ethyl adjacent to an activating group) is 1. The van der Waals surface area contributed by atoms with E-state index in [9.17, 15) is 5.11 Å². The molecule has 0 aromatic heterocycles. The molecule has 0 aromatic carbocycles. The van der Waals surface area contributed by atoms with Crippen LogP contribution in [0.3, 0.4) is 0 Å². The Bertz CT molecular complexity index is 265. The van der Waals surface area contributed by atoms with Gasteiger partial charge in [0, 0.05) is 6.04 Å². The molecular weight excluding hydrogens is 330 g/mol. The summed E-state index contributed by atoms with van der Waals surface area (Å²) in [6, 6.07) is 0.386. The second-order valence-electron chi connectivity index (χ2n) is 8.50. The number of hydrogen-bond acceptors (Lipinski definition) is 2. The van der Waals surface area contributed by atoms with Gasteiger partial charge in [0.05, 0.1) is 6.61 Å². The third kappa shape index (κ3) is 17.7. The van der Waals surface area contributed by atoms with Gasteiger partial charge in [-0.05, 0) is 19.5 Å². The molecule has 0 spiro atoms. The van der Waals surface area contributed by atoms with Gasteiger partial charge in [0.25, 0.3) is 0 Å². The van der Waals surface area contributed by atoms with E-state index in [0.717, 1.165) is 19.5 Å². The summed E-state index contributed by atoms with van der Waals surface area (Å²) in [6.45, 7) is 9.12. The maximum atomic E-state index is 9.55. The second-order valence-corrected chi connectivity index (χ2v) is 8.50. The van der Waals surface area contributed by atoms with Crippen molar-refractivity contribution in [3.05, 3.63) is 0 Å². The standard InChI is InChI=1S/C25H53NO/c1-4-7-8-9-10-11-12-13-14-15-16-17-18-19-20-21-22-23-25(24-27)26(5-2)6-3/h25,27H,4-24H2,1-3H3. The number of hydrogen-bond donors (Lipinski definition) is 1. The fourth-order valence-corrected chi connectivity index (χ4v) is 4.23. The average molecular weight is 384 g/mol. The molecule has 0 aliphatic carbocycles. The summed E-state index contributed by atoms with van der Waals surface area (Å²) in [6.07, 6.45) is 25.4. The molecule has 0 rings (SSSR count). The van der Waals surface area contributed by atoms with E-state index >= 15 is 0 Å². The first kappa shape index (κ1) is 26.9. The Labute approximate surface area is 172 Å². The van der Waals surface area contributed by atoms with E-state index in [0.29, 0.717) is 12.6 Å². The molecule has 0 fully saturated rings. The summed E-state index contributed by atoms with van der Waals surface area (Å²) in [5.74, 6) is 0. The predicted molar refractivity (Wildman–Crippen MR) is 123 cm³/mol. The van der Waals surface area contributed by atoms with Gasteiger partial charge < -0.3 is 5.11 Å². The lowest BCUT2D eigenvalue weighted by atomic mass is 10.0. The van der Waals surface area contributed by atoms with Crippen molar-refractivity contribution < 1.29 is 5.11 Å². The number of aliphatic hydroxyl groups is 1. The second kappa shape index (κ2) is 22.2. The Morgan fingerprint density at radius 2 is 0.852 bits per heavy atom. The summed E-state index contributed by atoms with van der Waals surface area (Å²) in [7, 11) is 0. The topological polar surface area (TPSA) is 23.5 Å². The molecule has 2 nitrogen and oxygen atoms in total. The summed E-state index contributed by atoms with van der Waals surface area (Å²) in [5.41, 5.74) is 0. The van der Waals surface area contributed by atoms with E-state index in [-0.39, 0.29) is 0 Å². The third-order valence-electron chi connectivity index (χ3n) is 6.18. The van der Waals surface area contributed by atoms with Gasteiger partial charge in [-0.3, -0.25) is 4.90 Å². The highest BCUT2D eigenvalue weighted by atomic mass is 16.3. The Kier molecular flexibility index (Phi) is 22.1. The van der Waals surface area contributed by atoms with Gasteiger partial charge in [0.15, 0.2) is 0 Å². The molecule has 0 aromatic rings. The van der Waals surface area contributed by atoms with Gasteiger partial charge in [-0.15, -0.1) is 0 Å². The number of unbranched alkanes of at least 4 members (excludes halogenated alkanes) is 16. The van der Waals surface area contributed by atoms with Crippen molar-refractivity contribution in [2.75, 3.05) is 19.7 Å². The fourth-order valence-electron chi connectivity index (χ4n) is 4.23. The zero-order chi connectivity index (χ0) is 20.0. The van der Waals surface area contributed by atoms with Crippen LogP contribution in [0.15, 0.2) is 0 Å². The van der Waals surface area contributed by atoms with Crippen LogP contribution in [0, 0.1) is 0 Å². The first-order valence-corrected chi connectivity index (χ1v) is 12.6. The lowest BCUT2D eigenvalue weighted by Gasteiger charge is -2.28. The quantitative estimate of drug-likeness (QED) is 0.193. The molecule has 27 heavy (non-hydrogen) atoms. The first-order chi connectivity index (χ1) is 13.3. The molecule has 0 bridgehead atoms. The average Bonchev–Trinajstić information content (AvgIpc) is 2.69. The van der Waals surface area contributed by atoms with Crippen LogP contribution in [-0.2, 0) is 0 Å². The highest BCUT2D eigenvalue weighted by Crippen LogP contribution is 2.15. The van der Waals surface area contributed by atoms with E-state index < -0.39 is 0 Å². The van der Waals surface area contributed by atoms with E-state index in [4.69, 9.17) is 0 Å². The maximum absolute atomic E-state index is 9.55. The Morgan fingerprint density at radius 1 is 0.519 bits per heavy atom. The van der Waals surface area contributed by atoms with Crippen molar-refractivity contribution in [1.82, 2.24) is 4.90 Å². The van der Waals surface area contributed by atoms with Gasteiger partial charge >= 0.3 is 0 Å². The van der Waals surface area contributed by atoms with Crippen LogP contribution in [0.4, 0.5) is 0 Å². The third-order valence-corrected chi connectivity index (χ3v) is 6.18. The van der Waals surface area contributed by atoms with Crippen LogP contribution in [0.5, 0.6) is 0 Å². The van der Waals surface area contributed by atoms with Crippen molar-refractivity contribution >= 4 is 0 Å². The molecule has 1 atom stereocenters. The van der Waals surface area contributed by atoms with Crippen molar-refractivity contribution in [3.8, 4) is 0 Å². The molecule has 0 amide bonds. The first-order valence-electron chi connectivity index (χ1n) is 12.6. The molecule has 2 heteroatoms. The van der Waals surface area contributed by atoms with Gasteiger partial charge in [-0.25, -0.2) is 0 Å². The monoisotopic (exact) mass is 383 g/mol. The van der Waals surface area contributed by atoms with E-state index in [1.807, 2.05) is 0 Å². The lowest BCUT2D eigenvalue weighted by molar-refractivity contribution is 0.124. The van der Waals surface area contributed by atoms with Crippen molar-refractivity contribution in [2.24, 2.45) is 0 Å². The highest BCUT2D eigenvalue weighted by molar-refractivity contribution is 4.68. The SMILES string of the molecule is CCCCCCCCCCCCCCCCCCCC(CO)N(CC)CC. The molecule has 0 aliphatic rings. The van der Waals surface area contributed by atoms with Crippen molar-refractivity contribution in [3.63, 3.8) is 0 Å². The summed E-state index contributed by atoms with van der Waals surface area (Å²) in [5, 5.41) is 9.55. The van der Waals surface area contributed by atoms with E-state index in [1.54, 1.807) is 0 Å². The minimum Gasteiger partial charge on any atom is -0.395 e. The minimum atomic E-state index is 0.320. The molecule has 164 valence electrons. The Hall–Kier alpha value is -0.0800. The van der Waals surface area contributed by atoms with Crippen LogP contribution in [0.25, 0.3) is 0 Å². The summed E-state index contributed by atoms with van der Waals surface area (Å²) >= 11 is 0. The van der Waals surface area contributed by atoms with Crippen molar-refractivity contribution in [1.29, 1.82) is 0 Å². The molecule has 0 radical (unpaired) electrons. The Morgan fingerprint density at radius 3 is 1.15 bits per heavy atom. The molecular formula is C25H53NO. The van der Waals surface area contributed by atoms with Gasteiger partial charge in [-0.2, -0.15) is 0 Å². The van der Waals surface area contributed by atoms with Gasteiger partial charge in [0.2, 0.25) is 0 Å². The number of nitrogens with zero attached hydrogens (tertiary/aromatic N) is 1. The molecule has 0 saturated carbocycles. The number of aliphatic hydroxyl groups excluding tert-OH is 1. The minimum absolute atomic E-state index is 0.320. The number of rotatable bonds is 22. The summed E-state index contributed by atoms with van der Waals surface area (Å²) < 4.78 is 0. The zero-order valence-corrected chi connectivity index (χ0v) is 19.3. The normalized spacial score (nSPS) is 12.8. The zero-order valence-electron chi connectivity index (χ0n) is 19.3. The van der Waals surface area contributed by atoms with Crippen LogP contribution < -0.4 is 0 Å². The maximum Gasteiger partial charge on any atom is 0.0586 e. The van der Waals surface area contributed by atoms with Gasteiger partial charge in [0.1, 0.15) is 0 Å². The summed E-state index contributed by atoms with van der Waals surface area (Å²) in [4.78, 5) is 2.40. The molecule has 1 unspecified atom stereocenters. The van der Waals surface area contributed by atoms with Crippen LogP contribution in [0.2, 0.25) is 0 Å². The van der Waals surface area contributed by atoms with Crippen LogP contribution in [-0.4, -0.2) is 35.7 Å². The van der Waals surface area contributed by atoms with Crippen molar-refractivity contribution in [2.45, 2.75) is 142 Å². The van der Waals surface area contributed by atoms with Crippen LogP contribution in [0.1, 0.15) is 136 Å². The Balaban J connectivity index is 3.23. The van der Waals surface area contributed by atoms with E-state index in [1.165, 1.54) is 109 Å². The predicted octanol–water partition coefficient (Wildman–Crippen LogP) is 7.73. The smallest absolute Gasteiger partial charge is 0.0586 e. The largest absolute Gasteiger partial charge is 0.395 e. The van der Waals surface area contributed by atoms with Gasteiger partial charge in [-0.1, -0.05) is 130 Å². The molecule has 0 aliphatic heterocycles. The molecule has 0 saturated heterocycles. The lowest BCUT2D eigenvalue weighted by Crippen LogP contribution is -2.37. The molecule has 0 heterocycles. The molecule has 1 N–H and O–H groups in total. The highest BCUT2D eigenvalue weighted by Gasteiger charge is 2.13. The fraction of sp³-hybridized carbons (Fsp3) is 1.00. The van der Waals surface area contributed by atoms with Crippen LogP contribution >= 0.6 is 0 Å².